The molecule has 1 nitrogen and oxygen atoms in total. The molecule has 0 fully saturated rings. The molecular weight excluding hydrogens is 86.1 g/mol. The van der Waals surface area contributed by atoms with Crippen molar-refractivity contribution in [1.82, 2.24) is 0 Å². The highest BCUT2D eigenvalue weighted by molar-refractivity contribution is 5.70. The van der Waals surface area contributed by atoms with Gasteiger partial charge in [-0.15, -0.1) is 0 Å². The third-order valence-corrected chi connectivity index (χ3v) is 0.792. The monoisotopic (exact) mass is 90.0 g/mol. The first-order chi connectivity index (χ1) is 3.43. The highest BCUT2D eigenvalue weighted by Crippen LogP contribution is 2.00. The van der Waals surface area contributed by atoms with E-state index in [1.165, 1.54) is 0 Å². The van der Waals surface area contributed by atoms with E-state index in [-0.39, 0.29) is 0 Å². The minimum Gasteiger partial charge on any atom is -0.763 e. The Morgan fingerprint density at radius 2 is 1.86 bits per heavy atom. The van der Waals surface area contributed by atoms with Gasteiger partial charge < -0.3 is 5.41 Å². The molecule has 0 aliphatic heterocycles. The second kappa shape index (κ2) is 1.59. The van der Waals surface area contributed by atoms with Crippen LogP contribution in [-0.4, -0.2) is 5.87 Å². The molecule has 0 atom stereocenters. The molecule has 0 aromatic carbocycles. The van der Waals surface area contributed by atoms with Gasteiger partial charge in [-0.2, -0.15) is 0 Å². The standard InChI is InChI=1S/C6H4N/c7-5-6-3-1-2-4-6/h1-4H/q-1. The first-order valence-corrected chi connectivity index (χ1v) is 2.05. The van der Waals surface area contributed by atoms with E-state index in [1.807, 2.05) is 18.0 Å². The summed E-state index contributed by atoms with van der Waals surface area (Å²) in [6.45, 7) is 0. The Morgan fingerprint density at radius 1 is 1.29 bits per heavy atom. The van der Waals surface area contributed by atoms with Crippen LogP contribution >= 0.6 is 0 Å². The van der Waals surface area contributed by atoms with Crippen molar-refractivity contribution in [3.63, 3.8) is 0 Å². The Hall–Kier alpha value is -1.07. The highest BCUT2D eigenvalue weighted by atomic mass is 14.3. The van der Waals surface area contributed by atoms with Crippen molar-refractivity contribution in [3.05, 3.63) is 35.3 Å². The maximum Gasteiger partial charge on any atom is -0.00717 e. The zero-order chi connectivity index (χ0) is 5.11. The summed E-state index contributed by atoms with van der Waals surface area (Å²) < 4.78 is 0. The smallest absolute Gasteiger partial charge is 0.00717 e. The second-order valence-electron chi connectivity index (χ2n) is 1.29. The van der Waals surface area contributed by atoms with E-state index in [4.69, 9.17) is 5.41 Å². The van der Waals surface area contributed by atoms with Crippen LogP contribution < -0.4 is 0 Å². The lowest BCUT2D eigenvalue weighted by Gasteiger charge is -1.78. The Morgan fingerprint density at radius 3 is 2.14 bits per heavy atom. The van der Waals surface area contributed by atoms with Crippen molar-refractivity contribution in [3.8, 4) is 0 Å². The molecule has 0 bridgehead atoms. The fourth-order valence-corrected chi connectivity index (χ4v) is 0.449. The van der Waals surface area contributed by atoms with E-state index in [0.29, 0.717) is 0 Å². The van der Waals surface area contributed by atoms with Crippen molar-refractivity contribution in [2.24, 2.45) is 0 Å². The predicted molar refractivity (Wildman–Crippen MR) is 30.2 cm³/mol. The Kier molecular flexibility index (Phi) is 0.928. The first kappa shape index (κ1) is 4.10. The van der Waals surface area contributed by atoms with Gasteiger partial charge in [-0.3, -0.25) is 5.87 Å². The van der Waals surface area contributed by atoms with E-state index in [9.17, 15) is 0 Å². The summed E-state index contributed by atoms with van der Waals surface area (Å²) in [5.41, 5.74) is 0.736. The SMILES string of the molecule is [N-]=C=C1C=CC=C1. The molecule has 0 heterocycles. The summed E-state index contributed by atoms with van der Waals surface area (Å²) in [5.74, 6) is 2.01. The van der Waals surface area contributed by atoms with E-state index in [1.54, 1.807) is 12.2 Å². The third kappa shape index (κ3) is 0.673. The lowest BCUT2D eigenvalue weighted by atomic mass is 10.3. The largest absolute Gasteiger partial charge is 0.763 e. The van der Waals surface area contributed by atoms with Gasteiger partial charge in [-0.25, -0.2) is 0 Å². The van der Waals surface area contributed by atoms with E-state index >= 15 is 0 Å². The van der Waals surface area contributed by atoms with Gasteiger partial charge in [0.1, 0.15) is 0 Å². The molecule has 0 aromatic rings. The summed E-state index contributed by atoms with van der Waals surface area (Å²) in [7, 11) is 0. The first-order valence-electron chi connectivity index (χ1n) is 2.05. The quantitative estimate of drug-likeness (QED) is 0.400. The van der Waals surface area contributed by atoms with Crippen molar-refractivity contribution < 1.29 is 0 Å². The Labute approximate surface area is 42.2 Å². The molecule has 7 heavy (non-hydrogen) atoms. The van der Waals surface area contributed by atoms with Gasteiger partial charge in [0.25, 0.3) is 0 Å². The molecule has 0 amide bonds. The number of nitrogens with zero attached hydrogens (tertiary/aromatic N) is 1. The third-order valence-electron chi connectivity index (χ3n) is 0.792. The average molecular weight is 90.1 g/mol. The van der Waals surface area contributed by atoms with Crippen LogP contribution in [0.25, 0.3) is 5.41 Å². The summed E-state index contributed by atoms with van der Waals surface area (Å²) in [6.07, 6.45) is 7.25. The molecule has 0 unspecified atom stereocenters. The van der Waals surface area contributed by atoms with Crippen molar-refractivity contribution in [1.29, 1.82) is 0 Å². The van der Waals surface area contributed by atoms with Crippen molar-refractivity contribution in [2.45, 2.75) is 0 Å². The minimum atomic E-state index is 0.736. The fraction of sp³-hybridized carbons (Fsp3) is 0. The van der Waals surface area contributed by atoms with Gasteiger partial charge in [0.2, 0.25) is 0 Å². The number of allylic oxidation sites excluding steroid dienone is 5. The van der Waals surface area contributed by atoms with Gasteiger partial charge >= 0.3 is 0 Å². The van der Waals surface area contributed by atoms with Crippen LogP contribution in [-0.2, 0) is 0 Å². The molecule has 0 radical (unpaired) electrons. The van der Waals surface area contributed by atoms with Crippen LogP contribution in [0.1, 0.15) is 0 Å². The molecule has 1 aliphatic rings. The van der Waals surface area contributed by atoms with Gasteiger partial charge in [0.05, 0.1) is 0 Å². The van der Waals surface area contributed by atoms with Crippen LogP contribution in [0, 0.1) is 0 Å². The van der Waals surface area contributed by atoms with Gasteiger partial charge in [-0.1, -0.05) is 12.2 Å². The number of rotatable bonds is 0. The van der Waals surface area contributed by atoms with E-state index in [2.05, 4.69) is 0 Å². The van der Waals surface area contributed by atoms with Gasteiger partial charge in [0, 0.05) is 0 Å². The lowest BCUT2D eigenvalue weighted by molar-refractivity contribution is 1.91. The van der Waals surface area contributed by atoms with Crippen LogP contribution in [0.15, 0.2) is 29.9 Å². The van der Waals surface area contributed by atoms with Crippen LogP contribution in [0.4, 0.5) is 0 Å². The summed E-state index contributed by atoms with van der Waals surface area (Å²) >= 11 is 0. The van der Waals surface area contributed by atoms with Crippen molar-refractivity contribution in [2.75, 3.05) is 0 Å². The number of hydrogen-bond acceptors (Lipinski definition) is 0. The maximum absolute atomic E-state index is 8.18. The molecule has 0 saturated carbocycles. The van der Waals surface area contributed by atoms with E-state index in [0.717, 1.165) is 5.57 Å². The topological polar surface area (TPSA) is 22.3 Å². The van der Waals surface area contributed by atoms with Crippen LogP contribution in [0.3, 0.4) is 0 Å². The Bertz CT molecular complexity index is 155. The van der Waals surface area contributed by atoms with E-state index < -0.39 is 0 Å². The molecule has 1 heteroatoms. The molecule has 1 aliphatic carbocycles. The zero-order valence-electron chi connectivity index (χ0n) is 3.76. The molecule has 0 spiro atoms. The second-order valence-corrected chi connectivity index (χ2v) is 1.29. The summed E-state index contributed by atoms with van der Waals surface area (Å²) in [5, 5.41) is 8.18. The maximum atomic E-state index is 8.18. The highest BCUT2D eigenvalue weighted by Gasteiger charge is 1.81. The predicted octanol–water partition coefficient (Wildman–Crippen LogP) is 1.28. The summed E-state index contributed by atoms with van der Waals surface area (Å²) in [4.78, 5) is 0. The molecule has 0 N–H and O–H groups in total. The van der Waals surface area contributed by atoms with Crippen LogP contribution in [0.2, 0.25) is 0 Å². The van der Waals surface area contributed by atoms with Crippen molar-refractivity contribution >= 4 is 5.87 Å². The number of hydrogen-bond donors (Lipinski definition) is 0. The summed E-state index contributed by atoms with van der Waals surface area (Å²) in [6, 6.07) is 0. The molecule has 34 valence electrons. The minimum absolute atomic E-state index is 0.736. The molecule has 0 aromatic heterocycles. The lowest BCUT2D eigenvalue weighted by Crippen LogP contribution is -1.59. The Balaban J connectivity index is 3.00. The molecule has 0 saturated heterocycles. The van der Waals surface area contributed by atoms with Gasteiger partial charge in [0.15, 0.2) is 0 Å². The van der Waals surface area contributed by atoms with Crippen LogP contribution in [0.5, 0.6) is 0 Å². The van der Waals surface area contributed by atoms with Gasteiger partial charge in [-0.05, 0) is 17.7 Å². The fourth-order valence-electron chi connectivity index (χ4n) is 0.449. The zero-order valence-corrected chi connectivity index (χ0v) is 3.76. The average Bonchev–Trinajstić information content (AvgIpc) is 2.14. The molecular formula is C6H4N-. The molecule has 1 rings (SSSR count). The normalized spacial score (nSPS) is 15.1.